The summed E-state index contributed by atoms with van der Waals surface area (Å²) in [6, 6.07) is 12.9. The quantitative estimate of drug-likeness (QED) is 0.483. The fraction of sp³-hybridized carbons (Fsp3) is 0.200. The zero-order chi connectivity index (χ0) is 19.9. The Balaban J connectivity index is 1.53. The largest absolute Gasteiger partial charge is 0.368 e. The van der Waals surface area contributed by atoms with E-state index in [1.54, 1.807) is 18.3 Å². The number of hydrogen-bond donors (Lipinski definition) is 3. The first kappa shape index (κ1) is 19.8. The Morgan fingerprint density at radius 2 is 1.71 bits per heavy atom. The van der Waals surface area contributed by atoms with E-state index in [1.807, 2.05) is 44.2 Å². The van der Waals surface area contributed by atoms with E-state index in [9.17, 15) is 4.79 Å². The van der Waals surface area contributed by atoms with E-state index in [2.05, 4.69) is 46.8 Å². The molecule has 2 aromatic heterocycles. The summed E-state index contributed by atoms with van der Waals surface area (Å²) in [5, 5.41) is 9.27. The van der Waals surface area contributed by atoms with Gasteiger partial charge in [-0.2, -0.15) is 0 Å². The van der Waals surface area contributed by atoms with Crippen LogP contribution in [0.3, 0.4) is 0 Å². The molecule has 0 saturated heterocycles. The van der Waals surface area contributed by atoms with Crippen LogP contribution in [0.2, 0.25) is 0 Å². The molecule has 0 bridgehead atoms. The molecule has 144 valence electrons. The zero-order valence-corrected chi connectivity index (χ0v) is 17.2. The van der Waals surface area contributed by atoms with Crippen LogP contribution in [-0.2, 0) is 0 Å². The summed E-state index contributed by atoms with van der Waals surface area (Å²) in [6.07, 6.45) is 1.75. The number of hydrogen-bond acceptors (Lipinski definition) is 6. The van der Waals surface area contributed by atoms with Gasteiger partial charge in [0.25, 0.3) is 5.91 Å². The molecule has 28 heavy (non-hydrogen) atoms. The van der Waals surface area contributed by atoms with Crippen molar-refractivity contribution in [1.82, 2.24) is 20.3 Å². The highest BCUT2D eigenvalue weighted by atomic mass is 79.9. The summed E-state index contributed by atoms with van der Waals surface area (Å²) in [4.78, 5) is 25.2. The molecule has 1 aromatic carbocycles. The topological polar surface area (TPSA) is 91.8 Å². The van der Waals surface area contributed by atoms with Gasteiger partial charge in [-0.15, -0.1) is 0 Å². The molecular formula is C20H21BrN6O. The molecule has 0 saturated carbocycles. The number of carbonyl (C=O) groups excluding carboxylic acids is 1. The summed E-state index contributed by atoms with van der Waals surface area (Å²) >= 11 is 3.36. The molecule has 0 fully saturated rings. The number of aryl methyl sites for hydroxylation is 2. The van der Waals surface area contributed by atoms with Crippen LogP contribution in [0.15, 0.2) is 53.1 Å². The molecule has 1 amide bonds. The van der Waals surface area contributed by atoms with E-state index in [1.165, 1.54) is 0 Å². The van der Waals surface area contributed by atoms with Gasteiger partial charge in [0, 0.05) is 35.4 Å². The molecule has 0 aliphatic carbocycles. The maximum Gasteiger partial charge on any atom is 0.251 e. The molecule has 0 radical (unpaired) electrons. The SMILES string of the molecule is Cc1ccnc(Nc2cc(NCCNC(=O)c3ccc(Br)cc3)nc(C)n2)c1. The van der Waals surface area contributed by atoms with Crippen LogP contribution >= 0.6 is 15.9 Å². The first-order chi connectivity index (χ1) is 13.5. The molecule has 0 atom stereocenters. The van der Waals surface area contributed by atoms with Crippen LogP contribution in [0.5, 0.6) is 0 Å². The second-order valence-corrected chi connectivity index (χ2v) is 7.13. The molecular weight excluding hydrogens is 420 g/mol. The Morgan fingerprint density at radius 1 is 0.964 bits per heavy atom. The second-order valence-electron chi connectivity index (χ2n) is 6.22. The Kier molecular flexibility index (Phi) is 6.54. The fourth-order valence-electron chi connectivity index (χ4n) is 2.53. The maximum atomic E-state index is 12.1. The molecule has 3 N–H and O–H groups in total. The van der Waals surface area contributed by atoms with E-state index in [0.717, 1.165) is 15.9 Å². The molecule has 3 rings (SSSR count). The van der Waals surface area contributed by atoms with E-state index in [4.69, 9.17) is 0 Å². The standard InChI is InChI=1S/C20H21BrN6O/c1-13-7-8-22-17(11-13)27-19-12-18(25-14(2)26-19)23-9-10-24-20(28)15-3-5-16(21)6-4-15/h3-8,11-12H,9-10H2,1-2H3,(H,24,28)(H2,22,23,25,26,27). The van der Waals surface area contributed by atoms with Gasteiger partial charge in [-0.3, -0.25) is 4.79 Å². The summed E-state index contributed by atoms with van der Waals surface area (Å²) in [6.45, 7) is 4.85. The predicted molar refractivity (Wildman–Crippen MR) is 114 cm³/mol. The second kappa shape index (κ2) is 9.27. The molecule has 7 nitrogen and oxygen atoms in total. The van der Waals surface area contributed by atoms with Gasteiger partial charge in [0.05, 0.1) is 0 Å². The first-order valence-corrected chi connectivity index (χ1v) is 9.62. The van der Waals surface area contributed by atoms with Crippen LogP contribution < -0.4 is 16.0 Å². The number of nitrogens with zero attached hydrogens (tertiary/aromatic N) is 3. The third-order valence-corrected chi connectivity index (χ3v) is 4.36. The van der Waals surface area contributed by atoms with Crippen LogP contribution in [0, 0.1) is 13.8 Å². The number of nitrogens with one attached hydrogen (secondary N) is 3. The lowest BCUT2D eigenvalue weighted by Gasteiger charge is -2.11. The van der Waals surface area contributed by atoms with Crippen molar-refractivity contribution in [2.24, 2.45) is 0 Å². The third-order valence-electron chi connectivity index (χ3n) is 3.83. The monoisotopic (exact) mass is 440 g/mol. The number of halogens is 1. The minimum Gasteiger partial charge on any atom is -0.368 e. The molecule has 3 aromatic rings. The van der Waals surface area contributed by atoms with Crippen molar-refractivity contribution >= 4 is 39.3 Å². The van der Waals surface area contributed by atoms with Crippen molar-refractivity contribution in [2.75, 3.05) is 23.7 Å². The highest BCUT2D eigenvalue weighted by Crippen LogP contribution is 2.16. The summed E-state index contributed by atoms with van der Waals surface area (Å²) in [5.74, 6) is 2.60. The average molecular weight is 441 g/mol. The van der Waals surface area contributed by atoms with Crippen molar-refractivity contribution in [3.05, 3.63) is 70.1 Å². The Morgan fingerprint density at radius 3 is 2.46 bits per heavy atom. The van der Waals surface area contributed by atoms with Gasteiger partial charge in [0.15, 0.2) is 0 Å². The summed E-state index contributed by atoms with van der Waals surface area (Å²) in [7, 11) is 0. The molecule has 8 heteroatoms. The lowest BCUT2D eigenvalue weighted by atomic mass is 10.2. The smallest absolute Gasteiger partial charge is 0.251 e. The van der Waals surface area contributed by atoms with Crippen LogP contribution in [0.25, 0.3) is 0 Å². The lowest BCUT2D eigenvalue weighted by Crippen LogP contribution is -2.28. The van der Waals surface area contributed by atoms with Crippen molar-refractivity contribution < 1.29 is 4.79 Å². The van der Waals surface area contributed by atoms with Gasteiger partial charge in [0.1, 0.15) is 23.3 Å². The molecule has 0 aliphatic rings. The van der Waals surface area contributed by atoms with Gasteiger partial charge in [0.2, 0.25) is 0 Å². The lowest BCUT2D eigenvalue weighted by molar-refractivity contribution is 0.0955. The molecule has 0 spiro atoms. The van der Waals surface area contributed by atoms with Crippen LogP contribution in [-0.4, -0.2) is 33.9 Å². The van der Waals surface area contributed by atoms with Gasteiger partial charge < -0.3 is 16.0 Å². The highest BCUT2D eigenvalue weighted by molar-refractivity contribution is 9.10. The molecule has 2 heterocycles. The number of pyridine rings is 1. The summed E-state index contributed by atoms with van der Waals surface area (Å²) in [5.41, 5.74) is 1.74. The van der Waals surface area contributed by atoms with Gasteiger partial charge in [-0.1, -0.05) is 15.9 Å². The van der Waals surface area contributed by atoms with Crippen molar-refractivity contribution in [2.45, 2.75) is 13.8 Å². The van der Waals surface area contributed by atoms with Gasteiger partial charge in [-0.05, 0) is 55.8 Å². The normalized spacial score (nSPS) is 10.4. The number of amides is 1. The number of anilines is 3. The minimum atomic E-state index is -0.110. The van der Waals surface area contributed by atoms with Crippen LogP contribution in [0.1, 0.15) is 21.7 Å². The minimum absolute atomic E-state index is 0.110. The van der Waals surface area contributed by atoms with E-state index in [0.29, 0.717) is 36.1 Å². The van der Waals surface area contributed by atoms with E-state index < -0.39 is 0 Å². The number of rotatable bonds is 7. The van der Waals surface area contributed by atoms with Crippen LogP contribution in [0.4, 0.5) is 17.5 Å². The highest BCUT2D eigenvalue weighted by Gasteiger charge is 2.06. The predicted octanol–water partition coefficient (Wildman–Crippen LogP) is 3.84. The van der Waals surface area contributed by atoms with Gasteiger partial charge >= 0.3 is 0 Å². The van der Waals surface area contributed by atoms with E-state index >= 15 is 0 Å². The maximum absolute atomic E-state index is 12.1. The fourth-order valence-corrected chi connectivity index (χ4v) is 2.79. The van der Waals surface area contributed by atoms with E-state index in [-0.39, 0.29) is 5.91 Å². The van der Waals surface area contributed by atoms with Crippen molar-refractivity contribution in [3.8, 4) is 0 Å². The molecule has 0 aliphatic heterocycles. The van der Waals surface area contributed by atoms with Crippen molar-refractivity contribution in [1.29, 1.82) is 0 Å². The third kappa shape index (κ3) is 5.75. The Bertz CT molecular complexity index is 961. The first-order valence-electron chi connectivity index (χ1n) is 8.82. The number of aromatic nitrogens is 3. The molecule has 0 unspecified atom stereocenters. The Labute approximate surface area is 172 Å². The average Bonchev–Trinajstić information content (AvgIpc) is 2.65. The Hall–Kier alpha value is -3.00. The zero-order valence-electron chi connectivity index (χ0n) is 15.7. The number of benzene rings is 1. The number of carbonyl (C=O) groups is 1. The summed E-state index contributed by atoms with van der Waals surface area (Å²) < 4.78 is 0.940. The van der Waals surface area contributed by atoms with Gasteiger partial charge in [-0.25, -0.2) is 15.0 Å². The van der Waals surface area contributed by atoms with Crippen molar-refractivity contribution in [3.63, 3.8) is 0 Å².